The molecular formula is C20H13F3N2O4S. The average molecular weight is 434 g/mol. The van der Waals surface area contributed by atoms with Gasteiger partial charge in [-0.25, -0.2) is 4.21 Å². The van der Waals surface area contributed by atoms with E-state index in [0.29, 0.717) is 23.3 Å². The van der Waals surface area contributed by atoms with Gasteiger partial charge in [0.05, 0.1) is 23.8 Å². The van der Waals surface area contributed by atoms with Crippen molar-refractivity contribution in [3.05, 3.63) is 64.1 Å². The highest BCUT2D eigenvalue weighted by Gasteiger charge is 2.36. The Morgan fingerprint density at radius 1 is 1.23 bits per heavy atom. The van der Waals surface area contributed by atoms with Crippen LogP contribution in [0.15, 0.2) is 47.4 Å². The topological polar surface area (TPSA) is 88.4 Å². The van der Waals surface area contributed by atoms with Gasteiger partial charge >= 0.3 is 6.18 Å². The highest BCUT2D eigenvalue weighted by Crippen LogP contribution is 2.43. The number of hydrogen-bond donors (Lipinski definition) is 1. The van der Waals surface area contributed by atoms with Gasteiger partial charge in [0.1, 0.15) is 28.2 Å². The molecule has 30 heavy (non-hydrogen) atoms. The Morgan fingerprint density at radius 3 is 2.70 bits per heavy atom. The second kappa shape index (κ2) is 7.50. The summed E-state index contributed by atoms with van der Waals surface area (Å²) in [6.45, 7) is 0.281. The molecule has 154 valence electrons. The number of rotatable bonds is 3. The van der Waals surface area contributed by atoms with Gasteiger partial charge in [0.25, 0.3) is 5.91 Å². The first-order valence-corrected chi connectivity index (χ1v) is 9.97. The number of halogens is 3. The molecule has 0 saturated carbocycles. The molecule has 10 heteroatoms. The fraction of sp³-hybridized carbons (Fsp3) is 0.200. The zero-order valence-corrected chi connectivity index (χ0v) is 16.0. The molecule has 0 fully saturated rings. The van der Waals surface area contributed by atoms with E-state index in [-0.39, 0.29) is 23.8 Å². The number of carbonyl (C=O) groups excluding carboxylic acids is 1. The molecule has 4 rings (SSSR count). The number of fused-ring (bicyclic) bond motifs is 1. The summed E-state index contributed by atoms with van der Waals surface area (Å²) in [5.41, 5.74) is -0.164. The van der Waals surface area contributed by atoms with Crippen molar-refractivity contribution < 1.29 is 31.6 Å². The highest BCUT2D eigenvalue weighted by atomic mass is 32.2. The normalized spacial score (nSPS) is 20.5. The smallest absolute Gasteiger partial charge is 0.420 e. The molecule has 0 radical (unpaired) electrons. The predicted octanol–water partition coefficient (Wildman–Crippen LogP) is 3.91. The van der Waals surface area contributed by atoms with Gasteiger partial charge in [0, 0.05) is 28.5 Å². The maximum atomic E-state index is 13.3. The van der Waals surface area contributed by atoms with E-state index in [4.69, 9.17) is 14.7 Å². The van der Waals surface area contributed by atoms with Crippen molar-refractivity contribution >= 4 is 16.9 Å². The van der Waals surface area contributed by atoms with Crippen molar-refractivity contribution in [1.29, 1.82) is 5.26 Å². The molecule has 0 spiro atoms. The molecule has 2 aliphatic heterocycles. The largest absolute Gasteiger partial charge is 0.493 e. The van der Waals surface area contributed by atoms with Crippen LogP contribution in [0.5, 0.6) is 17.2 Å². The molecule has 1 N–H and O–H groups in total. The first-order valence-electron chi connectivity index (χ1n) is 8.75. The van der Waals surface area contributed by atoms with Gasteiger partial charge in [-0.15, -0.1) is 0 Å². The van der Waals surface area contributed by atoms with E-state index in [1.807, 2.05) is 0 Å². The maximum Gasteiger partial charge on any atom is 0.420 e. The molecule has 0 aromatic heterocycles. The Morgan fingerprint density at radius 2 is 2.03 bits per heavy atom. The van der Waals surface area contributed by atoms with E-state index in [9.17, 15) is 22.2 Å². The number of nitrogens with one attached hydrogen (secondary N) is 1. The number of amides is 1. The molecular weight excluding hydrogens is 421 g/mol. The van der Waals surface area contributed by atoms with Crippen LogP contribution in [0, 0.1) is 11.3 Å². The summed E-state index contributed by atoms with van der Waals surface area (Å²) < 4.78 is 65.0. The molecule has 6 nitrogen and oxygen atoms in total. The summed E-state index contributed by atoms with van der Waals surface area (Å²) in [5, 5.41) is 10.2. The second-order valence-electron chi connectivity index (χ2n) is 6.61. The lowest BCUT2D eigenvalue weighted by atomic mass is 9.87. The standard InChI is InChI=1S/C20H13F3N2O4S/c21-20(22,23)16-7-11(9-24)1-4-17(16)29-12-2-3-14-13(5-6-28-18(14)8-12)15-10-30(27)25-19(15)26/h1-4,7-8,10,13H,5-6H2,(H,25,26). The third-order valence-corrected chi connectivity index (χ3v) is 5.59. The third kappa shape index (κ3) is 3.76. The van der Waals surface area contributed by atoms with Crippen LogP contribution >= 0.6 is 0 Å². The number of nitriles is 1. The van der Waals surface area contributed by atoms with E-state index in [0.717, 1.165) is 12.1 Å². The third-order valence-electron chi connectivity index (χ3n) is 4.73. The summed E-state index contributed by atoms with van der Waals surface area (Å²) in [4.78, 5) is 12.0. The van der Waals surface area contributed by atoms with E-state index >= 15 is 0 Å². The molecule has 2 unspecified atom stereocenters. The lowest BCUT2D eigenvalue weighted by Crippen LogP contribution is -2.23. The number of ether oxygens (including phenoxy) is 2. The highest BCUT2D eigenvalue weighted by molar-refractivity contribution is 7.87. The fourth-order valence-electron chi connectivity index (χ4n) is 3.38. The van der Waals surface area contributed by atoms with Gasteiger partial charge in [-0.2, -0.15) is 18.4 Å². The molecule has 2 aliphatic rings. The Labute approximate surface area is 171 Å². The van der Waals surface area contributed by atoms with Crippen LogP contribution in [0.25, 0.3) is 0 Å². The van der Waals surface area contributed by atoms with Crippen LogP contribution in [0.3, 0.4) is 0 Å². The molecule has 2 atom stereocenters. The second-order valence-corrected chi connectivity index (χ2v) is 7.65. The van der Waals surface area contributed by atoms with Gasteiger partial charge < -0.3 is 9.47 Å². The van der Waals surface area contributed by atoms with Gasteiger partial charge in [0.2, 0.25) is 0 Å². The summed E-state index contributed by atoms with van der Waals surface area (Å²) in [6, 6.07) is 9.27. The first-order chi connectivity index (χ1) is 14.3. The number of benzene rings is 2. The first kappa shape index (κ1) is 20.0. The van der Waals surface area contributed by atoms with Crippen LogP contribution in [0.1, 0.15) is 29.0 Å². The van der Waals surface area contributed by atoms with Crippen LogP contribution in [0.2, 0.25) is 0 Å². The lowest BCUT2D eigenvalue weighted by molar-refractivity contribution is -0.138. The minimum Gasteiger partial charge on any atom is -0.493 e. The lowest BCUT2D eigenvalue weighted by Gasteiger charge is -2.26. The minimum atomic E-state index is -4.70. The van der Waals surface area contributed by atoms with Crippen molar-refractivity contribution in [3.8, 4) is 23.3 Å². The van der Waals surface area contributed by atoms with Gasteiger partial charge in [-0.1, -0.05) is 6.07 Å². The van der Waals surface area contributed by atoms with Crippen LogP contribution < -0.4 is 14.2 Å². The Hall–Kier alpha value is -3.32. The van der Waals surface area contributed by atoms with Crippen molar-refractivity contribution in [3.63, 3.8) is 0 Å². The Balaban J connectivity index is 1.66. The predicted molar refractivity (Wildman–Crippen MR) is 99.9 cm³/mol. The molecule has 0 aliphatic carbocycles. The summed E-state index contributed by atoms with van der Waals surface area (Å²) >= 11 is 0. The fourth-order valence-corrected chi connectivity index (χ4v) is 4.24. The van der Waals surface area contributed by atoms with E-state index in [1.54, 1.807) is 12.1 Å². The average Bonchev–Trinajstić information content (AvgIpc) is 3.04. The maximum absolute atomic E-state index is 13.3. The van der Waals surface area contributed by atoms with Crippen molar-refractivity contribution in [1.82, 2.24) is 4.72 Å². The quantitative estimate of drug-likeness (QED) is 0.791. The van der Waals surface area contributed by atoms with Crippen LogP contribution in [0.4, 0.5) is 13.2 Å². The number of nitrogens with zero attached hydrogens (tertiary/aromatic N) is 1. The molecule has 2 aromatic carbocycles. The molecule has 2 aromatic rings. The number of hydrogen-bond acceptors (Lipinski definition) is 5. The zero-order chi connectivity index (χ0) is 21.5. The van der Waals surface area contributed by atoms with Gasteiger partial charge in [0.15, 0.2) is 0 Å². The molecule has 0 saturated heterocycles. The summed E-state index contributed by atoms with van der Waals surface area (Å²) in [7, 11) is -1.56. The Kier molecular flexibility index (Phi) is 4.99. The van der Waals surface area contributed by atoms with Crippen LogP contribution in [-0.2, 0) is 22.0 Å². The molecule has 0 bridgehead atoms. The van der Waals surface area contributed by atoms with Crippen molar-refractivity contribution in [2.75, 3.05) is 6.61 Å². The molecule has 1 amide bonds. The van der Waals surface area contributed by atoms with Crippen molar-refractivity contribution in [2.24, 2.45) is 0 Å². The van der Waals surface area contributed by atoms with E-state index in [2.05, 4.69) is 4.72 Å². The Bertz CT molecular complexity index is 1140. The number of carbonyl (C=O) groups is 1. The summed E-state index contributed by atoms with van der Waals surface area (Å²) in [5.74, 6) is -0.716. The zero-order valence-electron chi connectivity index (χ0n) is 15.2. The van der Waals surface area contributed by atoms with E-state index < -0.39 is 34.4 Å². The van der Waals surface area contributed by atoms with Gasteiger partial charge in [-0.3, -0.25) is 9.52 Å². The van der Waals surface area contributed by atoms with Gasteiger partial charge in [-0.05, 0) is 30.7 Å². The van der Waals surface area contributed by atoms with Crippen LogP contribution in [-0.4, -0.2) is 16.7 Å². The molecule has 2 heterocycles. The summed E-state index contributed by atoms with van der Waals surface area (Å²) in [6.07, 6.45) is -4.20. The van der Waals surface area contributed by atoms with Crippen molar-refractivity contribution in [2.45, 2.75) is 18.5 Å². The number of alkyl halides is 3. The monoisotopic (exact) mass is 434 g/mol. The minimum absolute atomic E-state index is 0.109. The van der Waals surface area contributed by atoms with E-state index in [1.165, 1.54) is 23.6 Å². The SMILES string of the molecule is N#Cc1ccc(Oc2ccc3c(c2)OCCC3C2=CS(=O)NC2=O)c(C(F)(F)F)c1.